The van der Waals surface area contributed by atoms with Crippen molar-refractivity contribution in [1.82, 2.24) is 0 Å². The van der Waals surface area contributed by atoms with E-state index in [1.165, 1.54) is 141 Å². The minimum Gasteiger partial charge on any atom is -0.462 e. The first-order valence-electron chi connectivity index (χ1n) is 31.4. The average molecular weight is 1040 g/mol. The van der Waals surface area contributed by atoms with Crippen LogP contribution < -0.4 is 0 Å². The zero-order valence-corrected chi connectivity index (χ0v) is 49.0. The van der Waals surface area contributed by atoms with Crippen molar-refractivity contribution in [2.75, 3.05) is 13.2 Å². The molecule has 0 aliphatic rings. The zero-order valence-electron chi connectivity index (χ0n) is 49.0. The van der Waals surface area contributed by atoms with Gasteiger partial charge in [0.2, 0.25) is 0 Å². The molecule has 6 nitrogen and oxygen atoms in total. The minimum absolute atomic E-state index is 0.112. The zero-order chi connectivity index (χ0) is 54.3. The molecule has 0 N–H and O–H groups in total. The van der Waals surface area contributed by atoms with Crippen LogP contribution in [-0.2, 0) is 28.6 Å². The predicted molar refractivity (Wildman–Crippen MR) is 325 cm³/mol. The summed E-state index contributed by atoms with van der Waals surface area (Å²) in [5.41, 5.74) is 0. The number of unbranched alkanes of at least 4 members (excludes halogenated alkanes) is 27. The highest BCUT2D eigenvalue weighted by Gasteiger charge is 2.19. The molecule has 0 saturated carbocycles. The Hall–Kier alpha value is -3.93. The van der Waals surface area contributed by atoms with Gasteiger partial charge in [-0.25, -0.2) is 0 Å². The second kappa shape index (κ2) is 62.6. The van der Waals surface area contributed by atoms with E-state index in [1.807, 2.05) is 6.08 Å². The van der Waals surface area contributed by atoms with Gasteiger partial charge in [0.05, 0.1) is 0 Å². The van der Waals surface area contributed by atoms with Gasteiger partial charge in [-0.3, -0.25) is 14.4 Å². The van der Waals surface area contributed by atoms with Gasteiger partial charge in [-0.2, -0.15) is 0 Å². The van der Waals surface area contributed by atoms with E-state index in [9.17, 15) is 14.4 Å². The molecule has 0 aromatic carbocycles. The summed E-state index contributed by atoms with van der Waals surface area (Å²) in [5.74, 6) is -1.01. The molecule has 1 atom stereocenters. The fourth-order valence-electron chi connectivity index (χ4n) is 8.59. The molecule has 0 saturated heterocycles. The average Bonchev–Trinajstić information content (AvgIpc) is 3.41. The monoisotopic (exact) mass is 1040 g/mol. The predicted octanol–water partition coefficient (Wildman–Crippen LogP) is 21.4. The first-order chi connectivity index (χ1) is 37.0. The summed E-state index contributed by atoms with van der Waals surface area (Å²) in [4.78, 5) is 38.3. The van der Waals surface area contributed by atoms with Crippen LogP contribution in [0.25, 0.3) is 0 Å². The van der Waals surface area contributed by atoms with Crippen LogP contribution in [0.1, 0.15) is 290 Å². The summed E-state index contributed by atoms with van der Waals surface area (Å²) in [5, 5.41) is 0. The van der Waals surface area contributed by atoms with Gasteiger partial charge >= 0.3 is 17.9 Å². The number of allylic oxidation sites excluding steroid dienone is 18. The molecule has 0 bridgehead atoms. The van der Waals surface area contributed by atoms with Crippen LogP contribution in [0.15, 0.2) is 109 Å². The van der Waals surface area contributed by atoms with Crippen LogP contribution in [0.5, 0.6) is 0 Å². The summed E-state index contributed by atoms with van der Waals surface area (Å²) >= 11 is 0. The van der Waals surface area contributed by atoms with Crippen molar-refractivity contribution < 1.29 is 28.6 Å². The molecule has 0 aliphatic heterocycles. The maximum absolute atomic E-state index is 12.9. The highest BCUT2D eigenvalue weighted by molar-refractivity contribution is 5.71. The third kappa shape index (κ3) is 60.8. The van der Waals surface area contributed by atoms with E-state index in [2.05, 4.69) is 124 Å². The van der Waals surface area contributed by atoms with Crippen LogP contribution in [-0.4, -0.2) is 37.2 Å². The molecule has 6 heteroatoms. The van der Waals surface area contributed by atoms with Gasteiger partial charge in [0, 0.05) is 19.3 Å². The molecule has 0 aromatic rings. The number of ether oxygens (including phenoxy) is 3. The SMILES string of the molecule is CC/C=C\C/C=C\C/C=C\C/C=C\C/C=C\C/C=C\CCC(=O)OC[C@H](COC(=O)CCCCCC/C=C\C/C=C\C/C=C\CCCCC)OC(=O)CCCCCCCCCCCCCCCCCCCCCCC. The second-order valence-corrected chi connectivity index (χ2v) is 20.6. The summed E-state index contributed by atoms with van der Waals surface area (Å²) in [6.45, 7) is 6.44. The Kier molecular flexibility index (Phi) is 59.3. The number of hydrogen-bond acceptors (Lipinski definition) is 6. The van der Waals surface area contributed by atoms with Crippen LogP contribution in [0, 0.1) is 0 Å². The van der Waals surface area contributed by atoms with E-state index in [0.717, 1.165) is 103 Å². The van der Waals surface area contributed by atoms with Crippen molar-refractivity contribution >= 4 is 17.9 Å². The maximum atomic E-state index is 12.9. The molecule has 0 unspecified atom stereocenters. The van der Waals surface area contributed by atoms with Crippen LogP contribution >= 0.6 is 0 Å². The Balaban J connectivity index is 4.50. The third-order valence-corrected chi connectivity index (χ3v) is 13.3. The molecular weight excluding hydrogens is 925 g/mol. The summed E-state index contributed by atoms with van der Waals surface area (Å²) in [7, 11) is 0. The van der Waals surface area contributed by atoms with Crippen molar-refractivity contribution in [3.63, 3.8) is 0 Å². The minimum atomic E-state index is -0.820. The van der Waals surface area contributed by atoms with E-state index in [1.54, 1.807) is 0 Å². The third-order valence-electron chi connectivity index (χ3n) is 13.3. The van der Waals surface area contributed by atoms with Crippen molar-refractivity contribution in [1.29, 1.82) is 0 Å². The molecule has 0 spiro atoms. The molecule has 0 aliphatic carbocycles. The molecular formula is C69H116O6. The quantitative estimate of drug-likeness (QED) is 0.0261. The maximum Gasteiger partial charge on any atom is 0.306 e. The highest BCUT2D eigenvalue weighted by Crippen LogP contribution is 2.16. The van der Waals surface area contributed by atoms with Gasteiger partial charge in [-0.05, 0) is 96.3 Å². The van der Waals surface area contributed by atoms with Crippen LogP contribution in [0.3, 0.4) is 0 Å². The van der Waals surface area contributed by atoms with Crippen LogP contribution in [0.2, 0.25) is 0 Å². The molecule has 0 radical (unpaired) electrons. The number of rotatable bonds is 56. The standard InChI is InChI=1S/C69H116O6/c1-4-7-10-13-16-19-22-25-28-31-33-34-36-39-42-45-48-51-54-57-60-63-69(72)75-66(64-73-67(70)61-58-55-52-49-46-43-40-37-30-27-24-21-18-15-12-9-6-3)65-74-68(71)62-59-56-53-50-47-44-41-38-35-32-29-26-23-20-17-14-11-8-5-2/h8,11,17-18,20-21,26-27,29-30,35,38,40,43-44,47,53,56,66H,4-7,9-10,12-16,19,22-25,28,31-34,36-37,39,41-42,45-46,48-52,54-55,57-65H2,1-3H3/b11-8-,20-17-,21-18-,29-26-,30-27-,38-35-,43-40-,47-44-,56-53-/t66-/m0/s1. The normalized spacial score (nSPS) is 12.8. The van der Waals surface area contributed by atoms with Crippen molar-refractivity contribution in [2.45, 2.75) is 297 Å². The Morgan fingerprint density at radius 1 is 0.280 bits per heavy atom. The van der Waals surface area contributed by atoms with E-state index in [4.69, 9.17) is 14.2 Å². The molecule has 0 amide bonds. The van der Waals surface area contributed by atoms with E-state index in [0.29, 0.717) is 19.3 Å². The molecule has 0 aromatic heterocycles. The molecule has 0 heterocycles. The second-order valence-electron chi connectivity index (χ2n) is 20.6. The topological polar surface area (TPSA) is 78.9 Å². The lowest BCUT2D eigenvalue weighted by molar-refractivity contribution is -0.166. The number of carbonyl (C=O) groups is 3. The fraction of sp³-hybridized carbons (Fsp3) is 0.696. The van der Waals surface area contributed by atoms with Gasteiger partial charge in [-0.15, -0.1) is 0 Å². The molecule has 0 fully saturated rings. The largest absolute Gasteiger partial charge is 0.462 e. The van der Waals surface area contributed by atoms with Gasteiger partial charge in [0.1, 0.15) is 13.2 Å². The molecule has 428 valence electrons. The molecule has 0 rings (SSSR count). The van der Waals surface area contributed by atoms with Gasteiger partial charge in [0.15, 0.2) is 6.10 Å². The smallest absolute Gasteiger partial charge is 0.306 e. The summed E-state index contributed by atoms with van der Waals surface area (Å²) in [6, 6.07) is 0. The summed E-state index contributed by atoms with van der Waals surface area (Å²) in [6.07, 6.45) is 85.3. The van der Waals surface area contributed by atoms with E-state index >= 15 is 0 Å². The van der Waals surface area contributed by atoms with Crippen molar-refractivity contribution in [2.24, 2.45) is 0 Å². The first kappa shape index (κ1) is 71.1. The lowest BCUT2D eigenvalue weighted by Gasteiger charge is -2.18. The van der Waals surface area contributed by atoms with Crippen molar-refractivity contribution in [3.8, 4) is 0 Å². The van der Waals surface area contributed by atoms with E-state index in [-0.39, 0.29) is 37.5 Å². The van der Waals surface area contributed by atoms with Gasteiger partial charge in [-0.1, -0.05) is 284 Å². The lowest BCUT2D eigenvalue weighted by Crippen LogP contribution is -2.30. The summed E-state index contributed by atoms with van der Waals surface area (Å²) < 4.78 is 16.8. The Morgan fingerprint density at radius 3 is 0.920 bits per heavy atom. The fourth-order valence-corrected chi connectivity index (χ4v) is 8.59. The highest BCUT2D eigenvalue weighted by atomic mass is 16.6. The number of carbonyl (C=O) groups excluding carboxylic acids is 3. The number of esters is 3. The number of hydrogen-bond donors (Lipinski definition) is 0. The van der Waals surface area contributed by atoms with Gasteiger partial charge in [0.25, 0.3) is 0 Å². The molecule has 75 heavy (non-hydrogen) atoms. The van der Waals surface area contributed by atoms with Gasteiger partial charge < -0.3 is 14.2 Å². The van der Waals surface area contributed by atoms with Crippen LogP contribution in [0.4, 0.5) is 0 Å². The Bertz CT molecular complexity index is 1520. The Morgan fingerprint density at radius 2 is 0.547 bits per heavy atom. The first-order valence-corrected chi connectivity index (χ1v) is 31.4. The van der Waals surface area contributed by atoms with Crippen molar-refractivity contribution in [3.05, 3.63) is 109 Å². The lowest BCUT2D eigenvalue weighted by atomic mass is 10.0. The Labute approximate surface area is 463 Å². The van der Waals surface area contributed by atoms with E-state index < -0.39 is 6.10 Å².